The van der Waals surface area contributed by atoms with Crippen molar-refractivity contribution in [2.45, 2.75) is 94.9 Å². The lowest BCUT2D eigenvalue weighted by Gasteiger charge is -2.19. The molecule has 1 amide bonds. The van der Waals surface area contributed by atoms with E-state index >= 15 is 0 Å². The van der Waals surface area contributed by atoms with E-state index in [1.54, 1.807) is 18.3 Å². The third kappa shape index (κ3) is 5.97. The molecule has 0 aliphatic heterocycles. The first-order valence-corrected chi connectivity index (χ1v) is 14.3. The zero-order chi connectivity index (χ0) is 25.1. The molecule has 188 valence electrons. The van der Waals surface area contributed by atoms with E-state index in [-0.39, 0.29) is 16.2 Å². The number of carbonyl (C=O) groups is 1. The summed E-state index contributed by atoms with van der Waals surface area (Å²) in [6, 6.07) is 15.1. The average molecular weight is 495 g/mol. The van der Waals surface area contributed by atoms with E-state index in [9.17, 15) is 13.2 Å². The van der Waals surface area contributed by atoms with Gasteiger partial charge in [-0.15, -0.1) is 0 Å². The zero-order valence-electron chi connectivity index (χ0n) is 21.2. The fraction of sp³-hybridized carbons (Fsp3) is 0.483. The van der Waals surface area contributed by atoms with Gasteiger partial charge in [0.2, 0.25) is 5.91 Å². The maximum atomic E-state index is 13.6. The van der Waals surface area contributed by atoms with E-state index in [2.05, 4.69) is 26.1 Å². The first-order chi connectivity index (χ1) is 16.7. The van der Waals surface area contributed by atoms with E-state index in [0.717, 1.165) is 29.4 Å². The molecule has 0 saturated heterocycles. The molecule has 0 atom stereocenters. The number of rotatable bonds is 7. The number of aryl methyl sites for hydroxylation is 1. The van der Waals surface area contributed by atoms with Gasteiger partial charge in [0.15, 0.2) is 0 Å². The van der Waals surface area contributed by atoms with E-state index < -0.39 is 10.0 Å². The molecule has 1 aliphatic carbocycles. The molecule has 1 saturated carbocycles. The highest BCUT2D eigenvalue weighted by Gasteiger charge is 2.22. The summed E-state index contributed by atoms with van der Waals surface area (Å²) in [6.45, 7) is 6.33. The van der Waals surface area contributed by atoms with Gasteiger partial charge in [-0.3, -0.25) is 4.79 Å². The summed E-state index contributed by atoms with van der Waals surface area (Å²) in [6.07, 6.45) is 10.6. The summed E-state index contributed by atoms with van der Waals surface area (Å²) < 4.78 is 28.5. The predicted octanol–water partition coefficient (Wildman–Crippen LogP) is 6.34. The van der Waals surface area contributed by atoms with Gasteiger partial charge in [-0.2, -0.15) is 0 Å². The van der Waals surface area contributed by atoms with Gasteiger partial charge in [0.1, 0.15) is 0 Å². The maximum absolute atomic E-state index is 13.6. The van der Waals surface area contributed by atoms with Gasteiger partial charge in [-0.05, 0) is 60.4 Å². The molecule has 4 rings (SSSR count). The van der Waals surface area contributed by atoms with Gasteiger partial charge >= 0.3 is 0 Å². The van der Waals surface area contributed by atoms with E-state index in [1.807, 2.05) is 36.4 Å². The minimum Gasteiger partial charge on any atom is -0.353 e. The zero-order valence-corrected chi connectivity index (χ0v) is 22.0. The fourth-order valence-corrected chi connectivity index (χ4v) is 6.41. The van der Waals surface area contributed by atoms with Crippen LogP contribution in [0.3, 0.4) is 0 Å². The van der Waals surface area contributed by atoms with Crippen LogP contribution in [-0.2, 0) is 26.7 Å². The molecule has 2 aromatic carbocycles. The van der Waals surface area contributed by atoms with Gasteiger partial charge in [-0.1, -0.05) is 76.8 Å². The van der Waals surface area contributed by atoms with Crippen molar-refractivity contribution in [1.82, 2.24) is 9.29 Å². The Morgan fingerprint density at radius 2 is 1.63 bits per heavy atom. The van der Waals surface area contributed by atoms with Gasteiger partial charge < -0.3 is 5.32 Å². The molecule has 1 fully saturated rings. The van der Waals surface area contributed by atoms with Crippen molar-refractivity contribution in [3.8, 4) is 0 Å². The van der Waals surface area contributed by atoms with Gasteiger partial charge in [0.25, 0.3) is 10.0 Å². The molecule has 5 nitrogen and oxygen atoms in total. The van der Waals surface area contributed by atoms with Crippen LogP contribution < -0.4 is 5.32 Å². The Morgan fingerprint density at radius 1 is 0.971 bits per heavy atom. The molecule has 0 bridgehead atoms. The van der Waals surface area contributed by atoms with Crippen LogP contribution in [-0.4, -0.2) is 24.3 Å². The lowest BCUT2D eigenvalue weighted by Crippen LogP contribution is -2.34. The molecule has 0 radical (unpaired) electrons. The number of amides is 1. The third-order valence-corrected chi connectivity index (χ3v) is 8.80. The van der Waals surface area contributed by atoms with Gasteiger partial charge in [-0.25, -0.2) is 12.4 Å². The van der Waals surface area contributed by atoms with E-state index in [4.69, 9.17) is 0 Å². The predicted molar refractivity (Wildman–Crippen MR) is 142 cm³/mol. The van der Waals surface area contributed by atoms with Crippen LogP contribution in [0.2, 0.25) is 0 Å². The number of hydrogen-bond donors (Lipinski definition) is 1. The van der Waals surface area contributed by atoms with Crippen LogP contribution >= 0.6 is 0 Å². The first-order valence-electron chi connectivity index (χ1n) is 12.9. The van der Waals surface area contributed by atoms with E-state index in [1.165, 1.54) is 29.7 Å². The molecule has 6 heteroatoms. The van der Waals surface area contributed by atoms with Crippen molar-refractivity contribution in [2.24, 2.45) is 0 Å². The van der Waals surface area contributed by atoms with Crippen molar-refractivity contribution in [3.63, 3.8) is 0 Å². The lowest BCUT2D eigenvalue weighted by atomic mass is 9.87. The van der Waals surface area contributed by atoms with Crippen LogP contribution in [0.15, 0.2) is 59.6 Å². The van der Waals surface area contributed by atoms with Crippen molar-refractivity contribution >= 4 is 26.8 Å². The summed E-state index contributed by atoms with van der Waals surface area (Å²) in [5, 5.41) is 4.13. The Bertz CT molecular complexity index is 1260. The monoisotopic (exact) mass is 494 g/mol. The number of nitrogens with one attached hydrogen (secondary N) is 1. The quantitative estimate of drug-likeness (QED) is 0.390. The number of nitrogens with zero attached hydrogens (tertiary/aromatic N) is 1. The first kappa shape index (κ1) is 25.5. The Balaban J connectivity index is 1.49. The second kappa shape index (κ2) is 10.6. The molecule has 1 N–H and O–H groups in total. The SMILES string of the molecule is CC(C)(C)c1ccc(S(=O)(=O)n2cc(CCCC(=O)NC3CCCCCC3)c3ccccc32)cc1. The number of benzene rings is 2. The van der Waals surface area contributed by atoms with Crippen molar-refractivity contribution in [2.75, 3.05) is 0 Å². The van der Waals surface area contributed by atoms with Crippen LogP contribution in [0.4, 0.5) is 0 Å². The van der Waals surface area contributed by atoms with Crippen molar-refractivity contribution in [1.29, 1.82) is 0 Å². The maximum Gasteiger partial charge on any atom is 0.268 e. The molecule has 1 aromatic heterocycles. The highest BCUT2D eigenvalue weighted by atomic mass is 32.2. The molecular weight excluding hydrogens is 456 g/mol. The Kier molecular flexibility index (Phi) is 7.70. The van der Waals surface area contributed by atoms with Crippen molar-refractivity contribution in [3.05, 3.63) is 65.9 Å². The highest BCUT2D eigenvalue weighted by molar-refractivity contribution is 7.90. The topological polar surface area (TPSA) is 68.2 Å². The van der Waals surface area contributed by atoms with Gasteiger partial charge in [0, 0.05) is 24.0 Å². The molecule has 1 heterocycles. The lowest BCUT2D eigenvalue weighted by molar-refractivity contribution is -0.121. The Hall–Kier alpha value is -2.60. The smallest absolute Gasteiger partial charge is 0.268 e. The summed E-state index contributed by atoms with van der Waals surface area (Å²) in [4.78, 5) is 12.8. The second-order valence-corrected chi connectivity index (χ2v) is 12.7. The summed E-state index contributed by atoms with van der Waals surface area (Å²) >= 11 is 0. The molecule has 3 aromatic rings. The number of carbonyl (C=O) groups excluding carboxylic acids is 1. The minimum atomic E-state index is -3.73. The molecule has 35 heavy (non-hydrogen) atoms. The second-order valence-electron chi connectivity index (χ2n) is 10.9. The molecule has 1 aliphatic rings. The Morgan fingerprint density at radius 3 is 2.29 bits per heavy atom. The minimum absolute atomic E-state index is 0.0435. The molecular formula is C29H38N2O3S. The number of aromatic nitrogens is 1. The number of para-hydroxylation sites is 1. The van der Waals surface area contributed by atoms with Crippen molar-refractivity contribution < 1.29 is 13.2 Å². The standard InChI is InChI=1S/C29H38N2O3S/c1-29(2,3)23-17-19-25(20-18-23)35(33,34)31-21-22(26-14-8-9-15-27(26)31)11-10-16-28(32)30-24-12-6-4-5-7-13-24/h8-9,14-15,17-21,24H,4-7,10-13,16H2,1-3H3,(H,30,32). The van der Waals surface area contributed by atoms with Crippen LogP contribution in [0, 0.1) is 0 Å². The number of fused-ring (bicyclic) bond motifs is 1. The third-order valence-electron chi connectivity index (χ3n) is 7.11. The van der Waals surface area contributed by atoms with Crippen LogP contribution in [0.1, 0.15) is 83.3 Å². The number of hydrogen-bond acceptors (Lipinski definition) is 3. The molecule has 0 spiro atoms. The summed E-state index contributed by atoms with van der Waals surface area (Å²) in [7, 11) is -3.73. The van der Waals surface area contributed by atoms with Crippen LogP contribution in [0.5, 0.6) is 0 Å². The Labute approximate surface area is 210 Å². The summed E-state index contributed by atoms with van der Waals surface area (Å²) in [5.41, 5.74) is 2.68. The van der Waals surface area contributed by atoms with Gasteiger partial charge in [0.05, 0.1) is 10.4 Å². The fourth-order valence-electron chi connectivity index (χ4n) is 5.02. The average Bonchev–Trinajstić information content (AvgIpc) is 3.00. The highest BCUT2D eigenvalue weighted by Crippen LogP contribution is 2.29. The largest absolute Gasteiger partial charge is 0.353 e. The van der Waals surface area contributed by atoms with Crippen LogP contribution in [0.25, 0.3) is 10.9 Å². The molecule has 0 unspecified atom stereocenters. The summed E-state index contributed by atoms with van der Waals surface area (Å²) in [5.74, 6) is 0.104. The van der Waals surface area contributed by atoms with E-state index in [0.29, 0.717) is 30.8 Å². The normalized spacial score (nSPS) is 15.7.